The molecule has 0 saturated heterocycles. The maximum Gasteiger partial charge on any atom is 0.435 e. The number of nitrogens with two attached hydrogens (primary N) is 1. The van der Waals surface area contributed by atoms with Gasteiger partial charge in [-0.1, -0.05) is 26.2 Å². The number of benzene rings is 1. The van der Waals surface area contributed by atoms with Crippen LogP contribution in [0.5, 0.6) is 0 Å². The molecule has 0 aliphatic heterocycles. The molecule has 0 spiro atoms. The van der Waals surface area contributed by atoms with Gasteiger partial charge < -0.3 is 5.73 Å². The van der Waals surface area contributed by atoms with Crippen LogP contribution in [0.4, 0.5) is 45.2 Å². The lowest BCUT2D eigenvalue weighted by molar-refractivity contribution is -0.143. The second-order valence-electron chi connectivity index (χ2n) is 7.09. The highest BCUT2D eigenvalue weighted by Crippen LogP contribution is 2.44. The highest BCUT2D eigenvalue weighted by atomic mass is 79.9. The highest BCUT2D eigenvalue weighted by Gasteiger charge is 2.41. The summed E-state index contributed by atoms with van der Waals surface area (Å²) < 4.78 is 120. The molecule has 14 heteroatoms. The van der Waals surface area contributed by atoms with Crippen molar-refractivity contribution < 1.29 is 39.5 Å². The topological polar surface area (TPSA) is 60.9 Å². The number of anilines is 1. The van der Waals surface area contributed by atoms with Gasteiger partial charge in [-0.05, 0) is 34.5 Å². The van der Waals surface area contributed by atoms with E-state index >= 15 is 0 Å². The number of nitrogens with zero attached hydrogens (tertiary/aromatic N) is 2. The average molecular weight is 554 g/mol. The summed E-state index contributed by atoms with van der Waals surface area (Å²) in [7, 11) is 0. The molecule has 1 heterocycles. The summed E-state index contributed by atoms with van der Waals surface area (Å²) in [4.78, 5) is 15.8. The fraction of sp³-hybridized carbons (Fsp3) is 0.474. The van der Waals surface area contributed by atoms with E-state index in [9.17, 15) is 44.3 Å². The smallest absolute Gasteiger partial charge is 0.392 e. The fourth-order valence-electron chi connectivity index (χ4n) is 3.05. The standard InChI is InChI=1S/C19H17BrF9N3O/c1-2-3-4-5-6-32-15(31-14(19(27,28)29)13(30)16(32)33)10-7-9(17(21,22)23)8-11(12(10)20)18(24,25)26/h7-8H,2-6,30H2,1H3. The van der Waals surface area contributed by atoms with Crippen molar-refractivity contribution in [2.24, 2.45) is 0 Å². The van der Waals surface area contributed by atoms with E-state index in [1.54, 1.807) is 0 Å². The Kier molecular flexibility index (Phi) is 7.81. The third-order valence-corrected chi connectivity index (χ3v) is 5.51. The van der Waals surface area contributed by atoms with Crippen molar-refractivity contribution in [3.63, 3.8) is 0 Å². The molecular formula is C19H17BrF9N3O. The zero-order valence-corrected chi connectivity index (χ0v) is 18.4. The summed E-state index contributed by atoms with van der Waals surface area (Å²) in [6.45, 7) is 1.54. The average Bonchev–Trinajstić information content (AvgIpc) is 2.66. The number of rotatable bonds is 6. The van der Waals surface area contributed by atoms with E-state index < -0.39 is 62.5 Å². The zero-order valence-electron chi connectivity index (χ0n) is 16.8. The predicted octanol–water partition coefficient (Wildman–Crippen LogP) is 6.89. The Morgan fingerprint density at radius 2 is 1.55 bits per heavy atom. The SMILES string of the molecule is CCCCCCn1c(-c2cc(C(F)(F)F)cc(C(F)(F)F)c2Br)nc(C(F)(F)F)c(N)c1=O. The minimum atomic E-state index is -5.29. The number of unbranched alkanes of at least 4 members (excludes halogenated alkanes) is 3. The van der Waals surface area contributed by atoms with Crippen molar-refractivity contribution in [3.05, 3.63) is 43.8 Å². The van der Waals surface area contributed by atoms with Crippen molar-refractivity contribution >= 4 is 21.6 Å². The van der Waals surface area contributed by atoms with Gasteiger partial charge in [-0.15, -0.1) is 0 Å². The third kappa shape index (κ3) is 6.01. The van der Waals surface area contributed by atoms with Gasteiger partial charge in [-0.3, -0.25) is 9.36 Å². The van der Waals surface area contributed by atoms with Crippen molar-refractivity contribution in [2.45, 2.75) is 57.7 Å². The number of nitrogen functional groups attached to an aromatic ring is 1. The second kappa shape index (κ2) is 9.55. The van der Waals surface area contributed by atoms with E-state index in [4.69, 9.17) is 5.73 Å². The number of halogens is 10. The molecule has 0 unspecified atom stereocenters. The molecule has 4 nitrogen and oxygen atoms in total. The number of hydrogen-bond acceptors (Lipinski definition) is 3. The first-order valence-electron chi connectivity index (χ1n) is 9.46. The molecular weight excluding hydrogens is 537 g/mol. The molecule has 1 aromatic heterocycles. The van der Waals surface area contributed by atoms with Gasteiger partial charge >= 0.3 is 18.5 Å². The van der Waals surface area contributed by atoms with E-state index in [1.807, 2.05) is 6.92 Å². The van der Waals surface area contributed by atoms with E-state index in [2.05, 4.69) is 20.9 Å². The van der Waals surface area contributed by atoms with Gasteiger partial charge in [0.25, 0.3) is 5.56 Å². The molecule has 0 amide bonds. The lowest BCUT2D eigenvalue weighted by Gasteiger charge is -2.21. The van der Waals surface area contributed by atoms with Crippen LogP contribution in [0.1, 0.15) is 49.4 Å². The zero-order chi connectivity index (χ0) is 25.4. The van der Waals surface area contributed by atoms with Crippen LogP contribution in [-0.2, 0) is 25.1 Å². The molecule has 0 atom stereocenters. The molecule has 0 bridgehead atoms. The van der Waals surface area contributed by atoms with Crippen LogP contribution in [-0.4, -0.2) is 9.55 Å². The molecule has 1 aromatic carbocycles. The van der Waals surface area contributed by atoms with Crippen LogP contribution >= 0.6 is 15.9 Å². The molecule has 184 valence electrons. The molecule has 2 rings (SSSR count). The minimum absolute atomic E-state index is 0.181. The molecule has 0 saturated carbocycles. The monoisotopic (exact) mass is 553 g/mol. The molecule has 2 aromatic rings. The fourth-order valence-corrected chi connectivity index (χ4v) is 3.68. The van der Waals surface area contributed by atoms with Gasteiger partial charge in [0.05, 0.1) is 11.1 Å². The van der Waals surface area contributed by atoms with Crippen LogP contribution in [0.2, 0.25) is 0 Å². The van der Waals surface area contributed by atoms with Crippen molar-refractivity contribution in [1.82, 2.24) is 9.55 Å². The molecule has 0 aliphatic rings. The Hall–Kier alpha value is -2.25. The number of hydrogen-bond donors (Lipinski definition) is 1. The number of aromatic nitrogens is 2. The summed E-state index contributed by atoms with van der Waals surface area (Å²) in [5.41, 5.74) is -3.86. The van der Waals surface area contributed by atoms with Crippen molar-refractivity contribution in [2.75, 3.05) is 5.73 Å². The first kappa shape index (κ1) is 27.0. The van der Waals surface area contributed by atoms with Gasteiger partial charge in [0.2, 0.25) is 0 Å². The Morgan fingerprint density at radius 3 is 2.03 bits per heavy atom. The second-order valence-corrected chi connectivity index (χ2v) is 7.89. The van der Waals surface area contributed by atoms with Gasteiger partial charge in [-0.2, -0.15) is 39.5 Å². The van der Waals surface area contributed by atoms with Crippen LogP contribution in [0.25, 0.3) is 11.4 Å². The van der Waals surface area contributed by atoms with Crippen LogP contribution in [0.15, 0.2) is 21.4 Å². The van der Waals surface area contributed by atoms with Crippen LogP contribution in [0, 0.1) is 0 Å². The highest BCUT2D eigenvalue weighted by molar-refractivity contribution is 9.10. The summed E-state index contributed by atoms with van der Waals surface area (Å²) in [6.07, 6.45) is -13.7. The Morgan fingerprint density at radius 1 is 0.939 bits per heavy atom. The van der Waals surface area contributed by atoms with Gasteiger partial charge in [0.15, 0.2) is 5.69 Å². The summed E-state index contributed by atoms with van der Waals surface area (Å²) >= 11 is 2.54. The molecule has 0 fully saturated rings. The first-order valence-corrected chi connectivity index (χ1v) is 10.2. The largest absolute Gasteiger partial charge is 0.435 e. The normalized spacial score (nSPS) is 12.9. The van der Waals surface area contributed by atoms with Gasteiger partial charge in [0, 0.05) is 16.6 Å². The summed E-state index contributed by atoms with van der Waals surface area (Å²) in [6, 6.07) is 0.0270. The lowest BCUT2D eigenvalue weighted by atomic mass is 10.0. The van der Waals surface area contributed by atoms with Crippen molar-refractivity contribution in [1.29, 1.82) is 0 Å². The van der Waals surface area contributed by atoms with E-state index in [1.165, 1.54) is 0 Å². The van der Waals surface area contributed by atoms with E-state index in [0.717, 1.165) is 6.42 Å². The van der Waals surface area contributed by atoms with Crippen molar-refractivity contribution in [3.8, 4) is 11.4 Å². The Labute approximate surface area is 189 Å². The summed E-state index contributed by atoms with van der Waals surface area (Å²) in [5.74, 6) is -1.01. The van der Waals surface area contributed by atoms with Crippen LogP contribution in [0.3, 0.4) is 0 Å². The maximum absolute atomic E-state index is 13.4. The van der Waals surface area contributed by atoms with E-state index in [-0.39, 0.29) is 25.1 Å². The molecule has 2 N–H and O–H groups in total. The lowest BCUT2D eigenvalue weighted by Crippen LogP contribution is -2.30. The third-order valence-electron chi connectivity index (χ3n) is 4.65. The summed E-state index contributed by atoms with van der Waals surface area (Å²) in [5, 5.41) is 0. The molecule has 0 aliphatic carbocycles. The maximum atomic E-state index is 13.4. The quantitative estimate of drug-likeness (QED) is 0.313. The Bertz CT molecular complexity index is 1070. The first-order chi connectivity index (χ1) is 15.0. The number of alkyl halides is 9. The molecule has 33 heavy (non-hydrogen) atoms. The van der Waals surface area contributed by atoms with Crippen LogP contribution < -0.4 is 11.3 Å². The Balaban J connectivity index is 2.93. The predicted molar refractivity (Wildman–Crippen MR) is 105 cm³/mol. The van der Waals surface area contributed by atoms with Gasteiger partial charge in [0.1, 0.15) is 11.5 Å². The van der Waals surface area contributed by atoms with Gasteiger partial charge in [-0.25, -0.2) is 4.98 Å². The molecule has 0 radical (unpaired) electrons. The minimum Gasteiger partial charge on any atom is -0.392 e. The van der Waals surface area contributed by atoms with E-state index in [0.29, 0.717) is 17.4 Å².